The molecule has 0 saturated carbocycles. The zero-order valence-corrected chi connectivity index (χ0v) is 31.1. The van der Waals surface area contributed by atoms with E-state index in [-0.39, 0.29) is 48.4 Å². The van der Waals surface area contributed by atoms with Crippen molar-refractivity contribution in [2.75, 3.05) is 25.6 Å². The lowest BCUT2D eigenvalue weighted by Gasteiger charge is -2.22. The van der Waals surface area contributed by atoms with Crippen LogP contribution in [-0.2, 0) is 44.5 Å². The van der Waals surface area contributed by atoms with E-state index < -0.39 is 75.1 Å². The van der Waals surface area contributed by atoms with Crippen molar-refractivity contribution < 1.29 is 76.0 Å². The summed E-state index contributed by atoms with van der Waals surface area (Å²) in [6, 6.07) is 13.6. The van der Waals surface area contributed by atoms with Crippen LogP contribution in [0.4, 0.5) is 28.4 Å². The maximum absolute atomic E-state index is 12.4. The van der Waals surface area contributed by atoms with Crippen LogP contribution in [0.15, 0.2) is 95.8 Å². The van der Waals surface area contributed by atoms with E-state index in [2.05, 4.69) is 28.8 Å². The first-order valence-corrected chi connectivity index (χ1v) is 21.0. The fourth-order valence-corrected chi connectivity index (χ4v) is 6.76. The topological polar surface area (TPSA) is 363 Å². The second-order valence-electron chi connectivity index (χ2n) is 10.5. The Kier molecular flexibility index (Phi) is 14.3. The number of phenols is 1. The zero-order valence-electron chi connectivity index (χ0n) is 27.0. The molecule has 54 heavy (non-hydrogen) atoms. The molecule has 4 aromatic carbocycles. The number of benzene rings is 4. The monoisotopic (exact) mass is 857 g/mol. The lowest BCUT2D eigenvalue weighted by atomic mass is 10.1. The van der Waals surface area contributed by atoms with E-state index in [4.69, 9.17) is 33.2 Å². The fraction of sp³-hybridized carbons (Fsp3) is 0.185. The van der Waals surface area contributed by atoms with Crippen LogP contribution in [0.5, 0.6) is 5.75 Å². The Morgan fingerprint density at radius 2 is 1.26 bits per heavy atom. The molecule has 0 unspecified atom stereocenters. The second kappa shape index (κ2) is 17.9. The first-order chi connectivity index (χ1) is 25.1. The van der Waals surface area contributed by atoms with Crippen LogP contribution < -0.4 is 5.73 Å². The number of nitrogens with two attached hydrogens (primary N) is 1. The standard InChI is InChI=1S/C27H31N5O17S5/c28-24-23-17(14-21(51(34,35)36)25(24)31-29-18-5-3-16(4-6-18)2-1-11-47-53(40,41)42)15-22(52(37,38)39)26(27(23)33)32-30-19-7-9-20(10-8-19)50-49-46-12-13-48-54(43,44)45/h3-10,14-15,33,37-39,43-45H,1-2,11-13,28H2,(H,34,35,36)(H,40,41,42). The first-order valence-electron chi connectivity index (χ1n) is 14.5. The quantitative estimate of drug-likeness (QED) is 0.00873. The molecule has 0 aliphatic carbocycles. The van der Waals surface area contributed by atoms with Crippen molar-refractivity contribution in [2.24, 2.45) is 20.5 Å². The number of nitrogens with zero attached hydrogens (tertiary/aromatic N) is 4. The van der Waals surface area contributed by atoms with Crippen molar-refractivity contribution in [2.45, 2.75) is 27.5 Å². The highest BCUT2D eigenvalue weighted by molar-refractivity contribution is 8.19. The number of aryl methyl sites for hydroxylation is 1. The summed E-state index contributed by atoms with van der Waals surface area (Å²) in [6.07, 6.45) is 0.602. The molecular weight excluding hydrogens is 827 g/mol. The summed E-state index contributed by atoms with van der Waals surface area (Å²) in [4.78, 5) is 3.57. The van der Waals surface area contributed by atoms with E-state index >= 15 is 0 Å². The van der Waals surface area contributed by atoms with Crippen molar-refractivity contribution in [3.05, 3.63) is 66.2 Å². The molecule has 0 heterocycles. The van der Waals surface area contributed by atoms with Gasteiger partial charge in [0.2, 0.25) is 11.2 Å². The Morgan fingerprint density at radius 1 is 0.685 bits per heavy atom. The van der Waals surface area contributed by atoms with Crippen molar-refractivity contribution >= 4 is 93.8 Å². The van der Waals surface area contributed by atoms with Crippen molar-refractivity contribution in [3.63, 3.8) is 0 Å². The summed E-state index contributed by atoms with van der Waals surface area (Å²) in [6.45, 7) is -0.914. The first kappa shape index (κ1) is 43.1. The largest absolute Gasteiger partial charge is 0.505 e. The number of hydrogen-bond donors (Lipinski definition) is 10. The number of phenolic OH excluding ortho intramolecular Hbond substituents is 1. The Labute approximate surface area is 314 Å². The number of nitrogen functional groups attached to an aromatic ring is 1. The molecule has 0 bridgehead atoms. The SMILES string of the molecule is Nc1c(N=Nc2ccc(CCCOS(=O)(=O)O)cc2)c(S(=O)(=O)O)cc2cc(S(O)(O)O)c(N=Nc3ccc(SOOCCOS(O)(O)O)cc3)c(O)c12. The smallest absolute Gasteiger partial charge is 0.397 e. The van der Waals surface area contributed by atoms with Gasteiger partial charge in [-0.15, -0.1) is 10.2 Å². The highest BCUT2D eigenvalue weighted by atomic mass is 32.3. The highest BCUT2D eigenvalue weighted by Gasteiger charge is 2.29. The van der Waals surface area contributed by atoms with Crippen LogP contribution >= 0.6 is 34.1 Å². The van der Waals surface area contributed by atoms with Gasteiger partial charge in [-0.1, -0.05) is 12.1 Å². The Hall–Kier alpha value is -3.59. The minimum atomic E-state index is -5.08. The van der Waals surface area contributed by atoms with Gasteiger partial charge in [-0.2, -0.15) is 31.4 Å². The molecule has 0 saturated heterocycles. The highest BCUT2D eigenvalue weighted by Crippen LogP contribution is 2.56. The maximum Gasteiger partial charge on any atom is 0.397 e. The van der Waals surface area contributed by atoms with Crippen LogP contribution in [-0.4, -0.2) is 78.2 Å². The summed E-state index contributed by atoms with van der Waals surface area (Å²) in [7, 11) is -14.3. The summed E-state index contributed by atoms with van der Waals surface area (Å²) in [5, 5.41) is 26.3. The van der Waals surface area contributed by atoms with Crippen molar-refractivity contribution in [3.8, 4) is 5.75 Å². The van der Waals surface area contributed by atoms with Gasteiger partial charge in [0.1, 0.15) is 33.7 Å². The third-order valence-electron chi connectivity index (χ3n) is 6.62. The molecule has 0 aliphatic heterocycles. The van der Waals surface area contributed by atoms with Gasteiger partial charge >= 0.3 is 10.4 Å². The summed E-state index contributed by atoms with van der Waals surface area (Å²) >= 11 is -3.39. The average Bonchev–Trinajstić information content (AvgIpc) is 3.06. The van der Waals surface area contributed by atoms with Crippen LogP contribution in [0.25, 0.3) is 10.8 Å². The molecule has 0 atom stereocenters. The zero-order chi connectivity index (χ0) is 39.9. The van der Waals surface area contributed by atoms with Crippen LogP contribution in [0.1, 0.15) is 12.0 Å². The number of anilines is 1. The fourth-order valence-electron chi connectivity index (χ4n) is 4.35. The van der Waals surface area contributed by atoms with Gasteiger partial charge in [-0.3, -0.25) is 26.9 Å². The third-order valence-corrected chi connectivity index (χ3v) is 9.96. The van der Waals surface area contributed by atoms with Crippen molar-refractivity contribution in [1.82, 2.24) is 0 Å². The van der Waals surface area contributed by atoms with Gasteiger partial charge in [-0.05, 0) is 72.3 Å². The average molecular weight is 858 g/mol. The Bertz CT molecular complexity index is 2230. The van der Waals surface area contributed by atoms with Crippen LogP contribution in [0, 0.1) is 0 Å². The van der Waals surface area contributed by atoms with E-state index in [9.17, 15) is 40.2 Å². The Morgan fingerprint density at radius 3 is 1.81 bits per heavy atom. The molecule has 296 valence electrons. The van der Waals surface area contributed by atoms with E-state index in [0.717, 1.165) is 29.7 Å². The molecule has 11 N–H and O–H groups in total. The summed E-state index contributed by atoms with van der Waals surface area (Å²) in [5.41, 5.74) is 5.46. The predicted molar refractivity (Wildman–Crippen MR) is 195 cm³/mol. The molecule has 0 radical (unpaired) electrons. The van der Waals surface area contributed by atoms with E-state index in [1.165, 1.54) is 36.4 Å². The lowest BCUT2D eigenvalue weighted by molar-refractivity contribution is -0.195. The van der Waals surface area contributed by atoms with Crippen LogP contribution in [0.2, 0.25) is 0 Å². The second-order valence-corrected chi connectivity index (χ2v) is 16.4. The molecule has 0 aromatic heterocycles. The number of hydrogen-bond acceptors (Lipinski definition) is 21. The van der Waals surface area contributed by atoms with Gasteiger partial charge in [0.25, 0.3) is 10.1 Å². The maximum atomic E-state index is 12.4. The third kappa shape index (κ3) is 12.7. The molecule has 22 nitrogen and oxygen atoms in total. The van der Waals surface area contributed by atoms with Gasteiger partial charge in [0.05, 0.1) is 52.6 Å². The van der Waals surface area contributed by atoms with E-state index in [1.54, 1.807) is 12.1 Å². The number of fused-ring (bicyclic) bond motifs is 1. The summed E-state index contributed by atoms with van der Waals surface area (Å²) in [5.74, 6) is -0.886. The lowest BCUT2D eigenvalue weighted by Crippen LogP contribution is -2.07. The van der Waals surface area contributed by atoms with Gasteiger partial charge in [-0.25, -0.2) is 9.07 Å². The number of azo groups is 2. The molecule has 0 amide bonds. The molecule has 27 heteroatoms. The van der Waals surface area contributed by atoms with E-state index in [0.29, 0.717) is 11.3 Å². The Balaban J connectivity index is 1.62. The minimum Gasteiger partial charge on any atom is -0.505 e. The molecule has 4 aromatic rings. The van der Waals surface area contributed by atoms with Gasteiger partial charge in [0, 0.05) is 4.90 Å². The van der Waals surface area contributed by atoms with Gasteiger partial charge < -0.3 is 24.5 Å². The predicted octanol–water partition coefficient (Wildman–Crippen LogP) is 7.65. The molecular formula is C27H31N5O17S5. The van der Waals surface area contributed by atoms with E-state index in [1.807, 2.05) is 0 Å². The number of rotatable bonds is 18. The molecule has 4 rings (SSSR count). The molecule has 0 spiro atoms. The van der Waals surface area contributed by atoms with Crippen LogP contribution in [0.3, 0.4) is 0 Å². The molecule has 0 aliphatic rings. The molecule has 0 fully saturated rings. The number of aromatic hydroxyl groups is 1. The van der Waals surface area contributed by atoms with Crippen molar-refractivity contribution in [1.29, 1.82) is 0 Å². The minimum absolute atomic E-state index is 0.142. The normalized spacial score (nSPS) is 13.7. The van der Waals surface area contributed by atoms with Gasteiger partial charge in [0.15, 0.2) is 5.75 Å². The summed E-state index contributed by atoms with van der Waals surface area (Å²) < 4.78 is 135.